The first-order valence-corrected chi connectivity index (χ1v) is 12.4. The van der Waals surface area contributed by atoms with Crippen LogP contribution in [0.1, 0.15) is 18.5 Å². The van der Waals surface area contributed by atoms with Gasteiger partial charge in [-0.15, -0.1) is 0 Å². The van der Waals surface area contributed by atoms with Crippen molar-refractivity contribution in [2.75, 3.05) is 37.9 Å². The van der Waals surface area contributed by atoms with Gasteiger partial charge in [-0.1, -0.05) is 12.1 Å². The van der Waals surface area contributed by atoms with Crippen molar-refractivity contribution in [3.63, 3.8) is 0 Å². The molecular weight excluding hydrogens is 522 g/mol. The fraction of sp³-hybridized carbons (Fsp3) is 0.286. The maximum atomic E-state index is 14.0. The van der Waals surface area contributed by atoms with Gasteiger partial charge in [0, 0.05) is 23.8 Å². The number of hydroxylamine groups is 1. The number of ether oxygens (including phenoxy) is 4. The average Bonchev–Trinajstić information content (AvgIpc) is 3.47. The smallest absolute Gasteiger partial charge is 0.271 e. The minimum absolute atomic E-state index is 0.178. The lowest BCUT2D eigenvalue weighted by atomic mass is 9.89. The van der Waals surface area contributed by atoms with Gasteiger partial charge >= 0.3 is 0 Å². The molecule has 2 aliphatic rings. The molecule has 3 aromatic rings. The highest BCUT2D eigenvalue weighted by Gasteiger charge is 2.61. The first-order valence-electron chi connectivity index (χ1n) is 12.4. The summed E-state index contributed by atoms with van der Waals surface area (Å²) in [7, 11) is 4.38. The molecule has 0 bridgehead atoms. The van der Waals surface area contributed by atoms with Crippen molar-refractivity contribution in [1.29, 1.82) is 0 Å². The Bertz CT molecular complexity index is 1480. The normalized spacial score (nSPS) is 19.9. The average molecular weight is 550 g/mol. The molecule has 2 saturated heterocycles. The van der Waals surface area contributed by atoms with Crippen molar-refractivity contribution in [2.24, 2.45) is 5.92 Å². The van der Waals surface area contributed by atoms with Gasteiger partial charge in [0.05, 0.1) is 44.2 Å². The van der Waals surface area contributed by atoms with E-state index >= 15 is 0 Å². The molecule has 2 heterocycles. The third-order valence-electron chi connectivity index (χ3n) is 6.85. The van der Waals surface area contributed by atoms with Crippen LogP contribution in [-0.4, -0.2) is 50.8 Å². The number of rotatable bonds is 9. The lowest BCUT2D eigenvalue weighted by molar-refractivity contribution is -0.384. The molecule has 0 radical (unpaired) electrons. The molecule has 0 spiro atoms. The van der Waals surface area contributed by atoms with Gasteiger partial charge in [0.1, 0.15) is 17.7 Å². The Morgan fingerprint density at radius 2 is 1.62 bits per heavy atom. The topological polar surface area (TPSA) is 130 Å². The van der Waals surface area contributed by atoms with Gasteiger partial charge < -0.3 is 18.9 Å². The van der Waals surface area contributed by atoms with Crippen LogP contribution in [0.2, 0.25) is 0 Å². The summed E-state index contributed by atoms with van der Waals surface area (Å²) in [6.45, 7) is 2.25. The SMILES string of the molecule is CCOc1cccc(N2C(=O)[C@@H]3[C@H](ON(c4cccc([N+](=O)[O-])c4)[C@H]3c3ccc(OC)c(OC)c3OC)C2=O)c1. The van der Waals surface area contributed by atoms with Gasteiger partial charge in [0.25, 0.3) is 11.6 Å². The summed E-state index contributed by atoms with van der Waals surface area (Å²) in [5.41, 5.74) is 0.920. The summed E-state index contributed by atoms with van der Waals surface area (Å²) in [4.78, 5) is 46.0. The first-order chi connectivity index (χ1) is 19.3. The predicted octanol–water partition coefficient (Wildman–Crippen LogP) is 4.07. The minimum Gasteiger partial charge on any atom is -0.494 e. The third-order valence-corrected chi connectivity index (χ3v) is 6.85. The number of nitro groups is 1. The summed E-state index contributed by atoms with van der Waals surface area (Å²) < 4.78 is 22.2. The summed E-state index contributed by atoms with van der Waals surface area (Å²) in [6.07, 6.45) is -1.20. The number of anilines is 2. The molecule has 0 saturated carbocycles. The number of nitrogens with zero attached hydrogens (tertiary/aromatic N) is 3. The molecule has 5 rings (SSSR count). The van der Waals surface area contributed by atoms with Gasteiger partial charge in [-0.05, 0) is 37.3 Å². The Morgan fingerprint density at radius 1 is 0.900 bits per heavy atom. The number of nitro benzene ring substituents is 1. The Morgan fingerprint density at radius 3 is 2.30 bits per heavy atom. The standard InChI is InChI=1S/C28H27N3O9/c1-5-39-19-11-7-8-16(15-19)29-27(32)22-23(20-12-13-21(36-2)25(38-4)24(20)37-3)30(40-26(22)28(29)33)17-9-6-10-18(14-17)31(34)35/h6-15,22-23,26H,5H2,1-4H3/t22-,23-,26-/m0/s1. The van der Waals surface area contributed by atoms with E-state index in [-0.39, 0.29) is 22.9 Å². The molecule has 2 amide bonds. The Labute approximate surface area is 229 Å². The Hall–Kier alpha value is -4.84. The van der Waals surface area contributed by atoms with E-state index in [2.05, 4.69) is 0 Å². The number of amides is 2. The van der Waals surface area contributed by atoms with E-state index < -0.39 is 34.8 Å². The molecule has 3 aromatic carbocycles. The molecule has 2 fully saturated rings. The van der Waals surface area contributed by atoms with Crippen molar-refractivity contribution in [3.05, 3.63) is 76.3 Å². The number of carbonyl (C=O) groups is 2. The molecule has 12 nitrogen and oxygen atoms in total. The molecule has 2 aliphatic heterocycles. The van der Waals surface area contributed by atoms with E-state index in [0.29, 0.717) is 29.4 Å². The maximum absolute atomic E-state index is 14.0. The van der Waals surface area contributed by atoms with Crippen LogP contribution in [0.15, 0.2) is 60.7 Å². The third kappa shape index (κ3) is 4.31. The van der Waals surface area contributed by atoms with E-state index in [9.17, 15) is 19.7 Å². The lowest BCUT2D eigenvalue weighted by Crippen LogP contribution is -2.37. The van der Waals surface area contributed by atoms with E-state index in [1.165, 1.54) is 44.6 Å². The zero-order valence-electron chi connectivity index (χ0n) is 22.2. The maximum Gasteiger partial charge on any atom is 0.271 e. The monoisotopic (exact) mass is 549 g/mol. The van der Waals surface area contributed by atoms with Crippen LogP contribution in [0, 0.1) is 16.0 Å². The quantitative estimate of drug-likeness (QED) is 0.219. The fourth-order valence-corrected chi connectivity index (χ4v) is 5.19. The van der Waals surface area contributed by atoms with E-state index in [1.54, 1.807) is 42.5 Å². The van der Waals surface area contributed by atoms with Crippen LogP contribution in [-0.2, 0) is 14.4 Å². The van der Waals surface area contributed by atoms with Gasteiger partial charge in [-0.3, -0.25) is 24.5 Å². The number of fused-ring (bicyclic) bond motifs is 1. The fourth-order valence-electron chi connectivity index (χ4n) is 5.19. The predicted molar refractivity (Wildman–Crippen MR) is 143 cm³/mol. The molecule has 0 N–H and O–H groups in total. The Balaban J connectivity index is 1.66. The second-order valence-electron chi connectivity index (χ2n) is 8.97. The molecule has 0 unspecified atom stereocenters. The molecule has 3 atom stereocenters. The number of benzene rings is 3. The number of hydrogen-bond acceptors (Lipinski definition) is 10. The summed E-state index contributed by atoms with van der Waals surface area (Å²) in [6, 6.07) is 14.9. The van der Waals surface area contributed by atoms with Crippen LogP contribution >= 0.6 is 0 Å². The van der Waals surface area contributed by atoms with Crippen LogP contribution in [0.5, 0.6) is 23.0 Å². The van der Waals surface area contributed by atoms with Gasteiger partial charge in [-0.25, -0.2) is 9.96 Å². The van der Waals surface area contributed by atoms with Crippen molar-refractivity contribution in [2.45, 2.75) is 19.1 Å². The van der Waals surface area contributed by atoms with E-state index in [1.807, 2.05) is 6.92 Å². The Kier molecular flexibility index (Phi) is 7.18. The number of carbonyl (C=O) groups excluding carboxylic acids is 2. The number of methoxy groups -OCH3 is 3. The van der Waals surface area contributed by atoms with E-state index in [4.69, 9.17) is 23.8 Å². The van der Waals surface area contributed by atoms with Crippen LogP contribution in [0.4, 0.5) is 17.1 Å². The highest BCUT2D eigenvalue weighted by molar-refractivity contribution is 6.24. The summed E-state index contributed by atoms with van der Waals surface area (Å²) >= 11 is 0. The zero-order valence-corrected chi connectivity index (χ0v) is 22.2. The van der Waals surface area contributed by atoms with Crippen LogP contribution in [0.3, 0.4) is 0 Å². The highest BCUT2D eigenvalue weighted by Crippen LogP contribution is 2.53. The van der Waals surface area contributed by atoms with Crippen LogP contribution < -0.4 is 28.9 Å². The second-order valence-corrected chi connectivity index (χ2v) is 8.97. The molecular formula is C28H27N3O9. The molecule has 208 valence electrons. The minimum atomic E-state index is -1.20. The first kappa shape index (κ1) is 26.8. The summed E-state index contributed by atoms with van der Waals surface area (Å²) in [5, 5.41) is 12.9. The van der Waals surface area contributed by atoms with Crippen molar-refractivity contribution >= 4 is 28.9 Å². The van der Waals surface area contributed by atoms with E-state index in [0.717, 1.165) is 4.90 Å². The van der Waals surface area contributed by atoms with Crippen molar-refractivity contribution < 1.29 is 38.3 Å². The van der Waals surface area contributed by atoms with Crippen molar-refractivity contribution in [3.8, 4) is 23.0 Å². The molecule has 0 aromatic heterocycles. The molecule has 40 heavy (non-hydrogen) atoms. The van der Waals surface area contributed by atoms with Gasteiger partial charge in [0.15, 0.2) is 17.6 Å². The van der Waals surface area contributed by atoms with Gasteiger partial charge in [-0.2, -0.15) is 0 Å². The van der Waals surface area contributed by atoms with Gasteiger partial charge in [0.2, 0.25) is 11.7 Å². The van der Waals surface area contributed by atoms with Crippen LogP contribution in [0.25, 0.3) is 0 Å². The highest BCUT2D eigenvalue weighted by atomic mass is 16.7. The summed E-state index contributed by atoms with van der Waals surface area (Å²) in [5.74, 6) is -0.640. The molecule has 12 heteroatoms. The zero-order chi connectivity index (χ0) is 28.6. The number of hydrogen-bond donors (Lipinski definition) is 0. The second kappa shape index (κ2) is 10.7. The largest absolute Gasteiger partial charge is 0.494 e. The number of imide groups is 1. The van der Waals surface area contributed by atoms with Crippen molar-refractivity contribution in [1.82, 2.24) is 0 Å². The molecule has 0 aliphatic carbocycles. The number of non-ortho nitro benzene ring substituents is 1. The lowest BCUT2D eigenvalue weighted by Gasteiger charge is -2.30.